The summed E-state index contributed by atoms with van der Waals surface area (Å²) in [5, 5.41) is 9.23. The largest absolute Gasteiger partial charge is 0.306 e. The summed E-state index contributed by atoms with van der Waals surface area (Å²) in [6.07, 6.45) is 15.8. The van der Waals surface area contributed by atoms with Crippen LogP contribution in [0.15, 0.2) is 268 Å². The molecular weight excluding hydrogens is 1060 g/mol. The highest BCUT2D eigenvalue weighted by Crippen LogP contribution is 2.56. The summed E-state index contributed by atoms with van der Waals surface area (Å²) in [5.74, 6) is 0. The zero-order valence-electron chi connectivity index (χ0n) is 45.3. The maximum atomic E-state index is 5.87. The van der Waals surface area contributed by atoms with Crippen molar-refractivity contribution in [3.63, 3.8) is 0 Å². The van der Waals surface area contributed by atoms with Gasteiger partial charge in [0, 0.05) is 115 Å². The quantitative estimate of drug-likeness (QED) is 0.150. The predicted molar refractivity (Wildman–Crippen MR) is 348 cm³/mol. The number of aromatic nitrogens is 10. The minimum Gasteiger partial charge on any atom is -0.306 e. The van der Waals surface area contributed by atoms with E-state index < -0.39 is 0 Å². The minimum atomic E-state index is 0.831. The molecule has 10 nitrogen and oxygen atoms in total. The lowest BCUT2D eigenvalue weighted by atomic mass is 9.90. The molecule has 11 heteroatoms. The highest BCUT2D eigenvalue weighted by Gasteiger charge is 2.37. The molecule has 18 aromatic rings. The SMILES string of the molecule is c1ccc(-c2cc(-c3c(-c4nc5ccccc5s4)c(-n4c5ccccc5c5cnccc54)c(-n4c5ccccc5c5cnccc54)c(-n4c5ccccc5c5cnccc54)c3-n3c4ccccc4c4cnccc43)cc(-c3ccccc3)n2)cc1. The van der Waals surface area contributed by atoms with Gasteiger partial charge < -0.3 is 18.3 Å². The van der Waals surface area contributed by atoms with Gasteiger partial charge in [0.1, 0.15) is 5.01 Å². The van der Waals surface area contributed by atoms with E-state index in [-0.39, 0.29) is 0 Å². The van der Waals surface area contributed by atoms with Crippen LogP contribution in [0.25, 0.3) is 164 Å². The van der Waals surface area contributed by atoms with Crippen LogP contribution in [0, 0.1) is 0 Å². The van der Waals surface area contributed by atoms with Crippen LogP contribution in [-0.4, -0.2) is 48.2 Å². The van der Waals surface area contributed by atoms with Crippen LogP contribution in [0.3, 0.4) is 0 Å². The highest BCUT2D eigenvalue weighted by atomic mass is 32.1. The second-order valence-corrected chi connectivity index (χ2v) is 22.5. The molecule has 0 atom stereocenters. The van der Waals surface area contributed by atoms with Gasteiger partial charge in [-0.05, 0) is 78.4 Å². The van der Waals surface area contributed by atoms with Crippen molar-refractivity contribution in [2.24, 2.45) is 0 Å². The molecule has 10 aromatic heterocycles. The molecule has 18 rings (SSSR count). The van der Waals surface area contributed by atoms with E-state index in [0.717, 1.165) is 164 Å². The maximum Gasteiger partial charge on any atom is 0.127 e. The third-order valence-electron chi connectivity index (χ3n) is 16.9. The van der Waals surface area contributed by atoms with Gasteiger partial charge in [-0.25, -0.2) is 9.97 Å². The lowest BCUT2D eigenvalue weighted by Gasteiger charge is -2.31. The molecule has 8 aromatic carbocycles. The van der Waals surface area contributed by atoms with Crippen LogP contribution in [0.1, 0.15) is 0 Å². The number of thiazole rings is 1. The average molecular weight is 1110 g/mol. The van der Waals surface area contributed by atoms with Gasteiger partial charge in [0.2, 0.25) is 0 Å². The molecule has 0 aliphatic heterocycles. The number of fused-ring (bicyclic) bond motifs is 13. The van der Waals surface area contributed by atoms with E-state index in [2.05, 4.69) is 237 Å². The third kappa shape index (κ3) is 6.99. The van der Waals surface area contributed by atoms with Crippen molar-refractivity contribution in [1.82, 2.24) is 48.2 Å². The van der Waals surface area contributed by atoms with Crippen LogP contribution in [0.4, 0.5) is 0 Å². The first-order valence-corrected chi connectivity index (χ1v) is 29.1. The van der Waals surface area contributed by atoms with Crippen molar-refractivity contribution in [3.05, 3.63) is 268 Å². The number of nitrogens with zero attached hydrogens (tertiary/aromatic N) is 10. The van der Waals surface area contributed by atoms with E-state index in [1.807, 2.05) is 49.6 Å². The summed E-state index contributed by atoms with van der Waals surface area (Å²) in [6.45, 7) is 0. The third-order valence-corrected chi connectivity index (χ3v) is 18.0. The molecule has 85 heavy (non-hydrogen) atoms. The van der Waals surface area contributed by atoms with E-state index in [4.69, 9.17) is 29.9 Å². The fourth-order valence-corrected chi connectivity index (χ4v) is 14.5. The van der Waals surface area contributed by atoms with Crippen molar-refractivity contribution in [3.8, 4) is 67.0 Å². The fourth-order valence-electron chi connectivity index (χ4n) is 13.4. The first-order chi connectivity index (χ1) is 42.2. The fraction of sp³-hybridized carbons (Fsp3) is 0. The molecule has 0 amide bonds. The second-order valence-electron chi connectivity index (χ2n) is 21.5. The number of benzene rings is 8. The van der Waals surface area contributed by atoms with Gasteiger partial charge in [-0.3, -0.25) is 19.9 Å². The molecule has 0 saturated heterocycles. The lowest BCUT2D eigenvalue weighted by molar-refractivity contribution is 1.02. The molecule has 0 aliphatic rings. The Balaban J connectivity index is 1.22. The normalized spacial score (nSPS) is 12.0. The smallest absolute Gasteiger partial charge is 0.127 e. The number of hydrogen-bond acceptors (Lipinski definition) is 7. The van der Waals surface area contributed by atoms with Gasteiger partial charge in [-0.1, -0.05) is 146 Å². The molecule has 0 unspecified atom stereocenters. The van der Waals surface area contributed by atoms with E-state index in [1.165, 1.54) is 0 Å². The van der Waals surface area contributed by atoms with Crippen LogP contribution < -0.4 is 0 Å². The van der Waals surface area contributed by atoms with Gasteiger partial charge >= 0.3 is 0 Å². The molecule has 10 heterocycles. The van der Waals surface area contributed by atoms with Gasteiger partial charge in [0.25, 0.3) is 0 Å². The summed E-state index contributed by atoms with van der Waals surface area (Å²) < 4.78 is 11.1. The summed E-state index contributed by atoms with van der Waals surface area (Å²) in [5.41, 5.74) is 19.1. The first kappa shape index (κ1) is 47.3. The number of pyridine rings is 5. The van der Waals surface area contributed by atoms with E-state index in [0.29, 0.717) is 0 Å². The van der Waals surface area contributed by atoms with Gasteiger partial charge in [0.15, 0.2) is 0 Å². The van der Waals surface area contributed by atoms with Crippen molar-refractivity contribution in [1.29, 1.82) is 0 Å². The van der Waals surface area contributed by atoms with E-state index in [9.17, 15) is 0 Å². The summed E-state index contributed by atoms with van der Waals surface area (Å²) >= 11 is 1.71. The van der Waals surface area contributed by atoms with Gasteiger partial charge in [-0.15, -0.1) is 11.3 Å². The Morgan fingerprint density at radius 1 is 0.271 bits per heavy atom. The molecule has 0 spiro atoms. The minimum absolute atomic E-state index is 0.831. The van der Waals surface area contributed by atoms with Crippen molar-refractivity contribution < 1.29 is 0 Å². The van der Waals surface area contributed by atoms with Gasteiger partial charge in [-0.2, -0.15) is 0 Å². The second kappa shape index (κ2) is 18.6. The average Bonchev–Trinajstić information content (AvgIpc) is 1.69. The van der Waals surface area contributed by atoms with Gasteiger partial charge in [0.05, 0.1) is 88.5 Å². The van der Waals surface area contributed by atoms with Crippen molar-refractivity contribution in [2.75, 3.05) is 0 Å². The molecule has 0 saturated carbocycles. The van der Waals surface area contributed by atoms with E-state index >= 15 is 0 Å². The standard InChI is InChI=1S/C74H44N10S/c1-3-17-45(18-4-1)57-39-47(40-58(79-57)46-19-5-2-6-20-46)68-69(74-80-56-25-11-16-30-67(56)85-74)71(82-60-27-13-8-22-49(60)53-42-76-36-32-64(53)82)73(84-62-29-15-10-24-51(62)55-44-78-38-34-66(55)84)72(83-61-28-14-9-23-50(61)54-43-77-37-33-65(54)83)70(68)81-59-26-12-7-21-48(59)52-41-75-35-31-63(52)81/h1-44H. The summed E-state index contributed by atoms with van der Waals surface area (Å²) in [4.78, 5) is 30.9. The molecule has 0 fully saturated rings. The predicted octanol–water partition coefficient (Wildman–Crippen LogP) is 18.3. The molecule has 0 aliphatic carbocycles. The Labute approximate surface area is 489 Å². The Morgan fingerprint density at radius 2 is 0.612 bits per heavy atom. The Morgan fingerprint density at radius 3 is 1.02 bits per heavy atom. The Kier molecular flexibility index (Phi) is 10.3. The lowest BCUT2D eigenvalue weighted by Crippen LogP contribution is -2.16. The first-order valence-electron chi connectivity index (χ1n) is 28.3. The highest BCUT2D eigenvalue weighted by molar-refractivity contribution is 7.21. The summed E-state index contributed by atoms with van der Waals surface area (Å²) in [6, 6.07) is 78.0. The summed E-state index contributed by atoms with van der Waals surface area (Å²) in [7, 11) is 0. The number of para-hydroxylation sites is 5. The van der Waals surface area contributed by atoms with Crippen molar-refractivity contribution in [2.45, 2.75) is 0 Å². The molecular formula is C74H44N10S. The number of hydrogen-bond donors (Lipinski definition) is 0. The molecule has 0 bridgehead atoms. The van der Waals surface area contributed by atoms with Crippen LogP contribution >= 0.6 is 11.3 Å². The topological polar surface area (TPSA) is 97.1 Å². The molecule has 0 radical (unpaired) electrons. The molecule has 0 N–H and O–H groups in total. The van der Waals surface area contributed by atoms with E-state index in [1.54, 1.807) is 11.3 Å². The monoisotopic (exact) mass is 1100 g/mol. The maximum absolute atomic E-state index is 5.87. The zero-order valence-corrected chi connectivity index (χ0v) is 46.1. The van der Waals surface area contributed by atoms with Crippen LogP contribution in [-0.2, 0) is 0 Å². The van der Waals surface area contributed by atoms with Crippen LogP contribution in [0.5, 0.6) is 0 Å². The zero-order chi connectivity index (χ0) is 55.7. The Bertz CT molecular complexity index is 5450. The molecule has 396 valence electrons. The Hall–Kier alpha value is -11.4. The number of rotatable bonds is 8. The van der Waals surface area contributed by atoms with Crippen molar-refractivity contribution >= 4 is 109 Å². The van der Waals surface area contributed by atoms with Crippen LogP contribution in [0.2, 0.25) is 0 Å².